The Kier molecular flexibility index (Phi) is 8.40. The van der Waals surface area contributed by atoms with Crippen molar-refractivity contribution < 1.29 is 22.7 Å². The third-order valence-corrected chi connectivity index (χ3v) is 7.20. The molecule has 0 radical (unpaired) electrons. The van der Waals surface area contributed by atoms with Crippen LogP contribution in [-0.2, 0) is 14.8 Å². The first kappa shape index (κ1) is 26.1. The Labute approximate surface area is 207 Å². The molecule has 7 nitrogen and oxygen atoms in total. The number of hydrogen-bond donors (Lipinski definition) is 1. The summed E-state index contributed by atoms with van der Waals surface area (Å²) in [7, 11) is -2.58. The molecular weight excluding hydrogens is 464 g/mol. The molecule has 0 fully saturated rings. The summed E-state index contributed by atoms with van der Waals surface area (Å²) in [5.41, 5.74) is 3.20. The molecule has 0 aromatic heterocycles. The molecule has 1 amide bonds. The van der Waals surface area contributed by atoms with Crippen LogP contribution < -0.4 is 19.1 Å². The summed E-state index contributed by atoms with van der Waals surface area (Å²) in [6.45, 7) is 7.36. The van der Waals surface area contributed by atoms with Gasteiger partial charge in [0.05, 0.1) is 23.7 Å². The Balaban J connectivity index is 1.82. The van der Waals surface area contributed by atoms with Crippen molar-refractivity contribution in [2.45, 2.75) is 38.6 Å². The molecule has 0 saturated heterocycles. The zero-order valence-electron chi connectivity index (χ0n) is 20.7. The average molecular weight is 497 g/mol. The largest absolute Gasteiger partial charge is 0.495 e. The fourth-order valence-electron chi connectivity index (χ4n) is 3.48. The minimum atomic E-state index is -4.05. The number of aryl methyl sites for hydroxylation is 3. The number of anilines is 1. The molecule has 0 aliphatic rings. The lowest BCUT2D eigenvalue weighted by atomic mass is 10.2. The maximum atomic E-state index is 13.6. The number of amides is 1. The Morgan fingerprint density at radius 2 is 1.49 bits per heavy atom. The summed E-state index contributed by atoms with van der Waals surface area (Å²) < 4.78 is 39.6. The molecule has 0 aliphatic heterocycles. The molecule has 1 unspecified atom stereocenters. The molecule has 0 heterocycles. The van der Waals surface area contributed by atoms with Gasteiger partial charge in [0.2, 0.25) is 5.91 Å². The third-order valence-electron chi connectivity index (χ3n) is 5.43. The number of hydrogen-bond acceptors (Lipinski definition) is 5. The van der Waals surface area contributed by atoms with Gasteiger partial charge in [-0.25, -0.2) is 8.42 Å². The van der Waals surface area contributed by atoms with Crippen LogP contribution in [0.2, 0.25) is 0 Å². The summed E-state index contributed by atoms with van der Waals surface area (Å²) in [4.78, 5) is 13.1. The molecule has 0 bridgehead atoms. The number of benzene rings is 3. The third kappa shape index (κ3) is 6.76. The van der Waals surface area contributed by atoms with Gasteiger partial charge < -0.3 is 14.8 Å². The van der Waals surface area contributed by atoms with Crippen molar-refractivity contribution in [1.29, 1.82) is 0 Å². The van der Waals surface area contributed by atoms with E-state index in [-0.39, 0.29) is 17.5 Å². The second kappa shape index (κ2) is 11.3. The summed E-state index contributed by atoms with van der Waals surface area (Å²) in [5.74, 6) is 0.601. The predicted molar refractivity (Wildman–Crippen MR) is 138 cm³/mol. The van der Waals surface area contributed by atoms with Crippen LogP contribution in [0.4, 0.5) is 5.69 Å². The lowest BCUT2D eigenvalue weighted by molar-refractivity contribution is -0.120. The number of nitrogens with zero attached hydrogens (tertiary/aromatic N) is 1. The van der Waals surface area contributed by atoms with Crippen molar-refractivity contribution in [3.63, 3.8) is 0 Å². The maximum absolute atomic E-state index is 13.6. The van der Waals surface area contributed by atoms with E-state index in [0.717, 1.165) is 21.0 Å². The molecule has 3 aromatic carbocycles. The fourth-order valence-corrected chi connectivity index (χ4v) is 4.90. The fraction of sp³-hybridized carbons (Fsp3) is 0.296. The Bertz CT molecular complexity index is 1260. The van der Waals surface area contributed by atoms with Crippen LogP contribution in [0, 0.1) is 20.8 Å². The Morgan fingerprint density at radius 3 is 2.09 bits per heavy atom. The van der Waals surface area contributed by atoms with E-state index in [4.69, 9.17) is 9.47 Å². The molecule has 8 heteroatoms. The molecule has 0 aliphatic carbocycles. The summed E-state index contributed by atoms with van der Waals surface area (Å²) in [6, 6.07) is 19.0. The quantitative estimate of drug-likeness (QED) is 0.450. The highest BCUT2D eigenvalue weighted by Gasteiger charge is 2.30. The lowest BCUT2D eigenvalue weighted by Crippen LogP contribution is -2.45. The monoisotopic (exact) mass is 496 g/mol. The van der Waals surface area contributed by atoms with E-state index in [1.54, 1.807) is 31.2 Å². The van der Waals surface area contributed by atoms with E-state index in [9.17, 15) is 13.2 Å². The van der Waals surface area contributed by atoms with Crippen LogP contribution in [0.5, 0.6) is 11.5 Å². The smallest absolute Gasteiger partial charge is 0.264 e. The Hall–Kier alpha value is -3.52. The SMILES string of the molecule is COc1ccc(C)cc1N(CC(=O)NC(C)COc1ccc(C)cc1)S(=O)(=O)c1ccc(C)cc1. The molecular formula is C27H32N2O5S. The first-order valence-electron chi connectivity index (χ1n) is 11.3. The molecule has 0 spiro atoms. The van der Waals surface area contributed by atoms with Gasteiger partial charge in [0, 0.05) is 0 Å². The van der Waals surface area contributed by atoms with E-state index in [0.29, 0.717) is 17.2 Å². The van der Waals surface area contributed by atoms with Crippen molar-refractivity contribution in [2.24, 2.45) is 0 Å². The molecule has 0 saturated carbocycles. The molecule has 35 heavy (non-hydrogen) atoms. The van der Waals surface area contributed by atoms with Gasteiger partial charge in [0.25, 0.3) is 10.0 Å². The average Bonchev–Trinajstić information content (AvgIpc) is 2.82. The zero-order valence-corrected chi connectivity index (χ0v) is 21.6. The normalized spacial score (nSPS) is 12.0. The highest BCUT2D eigenvalue weighted by molar-refractivity contribution is 7.92. The Morgan fingerprint density at radius 1 is 0.914 bits per heavy atom. The van der Waals surface area contributed by atoms with Crippen LogP contribution in [0.1, 0.15) is 23.6 Å². The van der Waals surface area contributed by atoms with Crippen molar-refractivity contribution in [1.82, 2.24) is 5.32 Å². The second-order valence-electron chi connectivity index (χ2n) is 8.59. The number of carbonyl (C=O) groups is 1. The van der Waals surface area contributed by atoms with Crippen LogP contribution in [0.15, 0.2) is 71.6 Å². The van der Waals surface area contributed by atoms with Gasteiger partial charge in [0.1, 0.15) is 24.7 Å². The van der Waals surface area contributed by atoms with Crippen LogP contribution in [0.25, 0.3) is 0 Å². The predicted octanol–water partition coefficient (Wildman–Crippen LogP) is 4.40. The standard InChI is InChI=1S/C27H32N2O5S/c1-19-6-11-23(12-7-19)34-18-22(4)28-27(30)17-29(25-16-21(3)10-15-26(25)33-5)35(31,32)24-13-8-20(2)9-14-24/h6-16,22H,17-18H2,1-5H3,(H,28,30). The molecule has 1 N–H and O–H groups in total. The number of methoxy groups -OCH3 is 1. The lowest BCUT2D eigenvalue weighted by Gasteiger charge is -2.27. The number of ether oxygens (including phenoxy) is 2. The topological polar surface area (TPSA) is 84.9 Å². The van der Waals surface area contributed by atoms with Gasteiger partial charge in [-0.1, -0.05) is 41.5 Å². The molecule has 3 rings (SSSR count). The molecule has 3 aromatic rings. The molecule has 1 atom stereocenters. The van der Waals surface area contributed by atoms with Crippen LogP contribution >= 0.6 is 0 Å². The summed E-state index contributed by atoms with van der Waals surface area (Å²) in [6.07, 6.45) is 0. The maximum Gasteiger partial charge on any atom is 0.264 e. The van der Waals surface area contributed by atoms with E-state index in [2.05, 4.69) is 5.32 Å². The highest BCUT2D eigenvalue weighted by atomic mass is 32.2. The first-order valence-corrected chi connectivity index (χ1v) is 12.8. The first-order chi connectivity index (χ1) is 16.6. The number of sulfonamides is 1. The van der Waals surface area contributed by atoms with Gasteiger partial charge in [-0.3, -0.25) is 9.10 Å². The molecule has 186 valence electrons. The van der Waals surface area contributed by atoms with E-state index >= 15 is 0 Å². The van der Waals surface area contributed by atoms with Crippen molar-refractivity contribution in [3.8, 4) is 11.5 Å². The number of nitrogens with one attached hydrogen (secondary N) is 1. The van der Waals surface area contributed by atoms with Gasteiger partial charge in [0.15, 0.2) is 0 Å². The van der Waals surface area contributed by atoms with Crippen molar-refractivity contribution in [2.75, 3.05) is 24.6 Å². The zero-order chi connectivity index (χ0) is 25.6. The number of carbonyl (C=O) groups excluding carboxylic acids is 1. The number of rotatable bonds is 10. The summed E-state index contributed by atoms with van der Waals surface area (Å²) >= 11 is 0. The van der Waals surface area contributed by atoms with E-state index < -0.39 is 22.5 Å². The minimum absolute atomic E-state index is 0.0928. The van der Waals surface area contributed by atoms with Crippen LogP contribution in [-0.4, -0.2) is 40.6 Å². The van der Waals surface area contributed by atoms with Gasteiger partial charge in [-0.15, -0.1) is 0 Å². The minimum Gasteiger partial charge on any atom is -0.495 e. The van der Waals surface area contributed by atoms with Crippen molar-refractivity contribution >= 4 is 21.6 Å². The van der Waals surface area contributed by atoms with Gasteiger partial charge in [-0.05, 0) is 69.7 Å². The van der Waals surface area contributed by atoms with Crippen LogP contribution in [0.3, 0.4) is 0 Å². The second-order valence-corrected chi connectivity index (χ2v) is 10.5. The van der Waals surface area contributed by atoms with E-state index in [1.807, 2.05) is 51.1 Å². The van der Waals surface area contributed by atoms with Gasteiger partial charge >= 0.3 is 0 Å². The highest BCUT2D eigenvalue weighted by Crippen LogP contribution is 2.33. The van der Waals surface area contributed by atoms with Gasteiger partial charge in [-0.2, -0.15) is 0 Å². The summed E-state index contributed by atoms with van der Waals surface area (Å²) in [5, 5.41) is 2.84. The van der Waals surface area contributed by atoms with Crippen molar-refractivity contribution in [3.05, 3.63) is 83.4 Å². The van der Waals surface area contributed by atoms with E-state index in [1.165, 1.54) is 19.2 Å².